The first kappa shape index (κ1) is 15.4. The summed E-state index contributed by atoms with van der Waals surface area (Å²) in [6.45, 7) is 4.06. The van der Waals surface area contributed by atoms with Crippen LogP contribution in [0.5, 0.6) is 0 Å². The number of carboxylic acid groups (broad SMARTS) is 2. The average Bonchev–Trinajstić information content (AvgIpc) is 2.78. The van der Waals surface area contributed by atoms with Crippen LogP contribution in [-0.2, 0) is 9.59 Å². The number of rotatable bonds is 6. The lowest BCUT2D eigenvalue weighted by Gasteiger charge is -2.05. The second kappa shape index (κ2) is 6.17. The third kappa shape index (κ3) is 3.55. The van der Waals surface area contributed by atoms with Gasteiger partial charge in [-0.15, -0.1) is 0 Å². The van der Waals surface area contributed by atoms with Crippen molar-refractivity contribution in [3.8, 4) is 0 Å². The Labute approximate surface area is 125 Å². The molecule has 21 heavy (non-hydrogen) atoms. The van der Waals surface area contributed by atoms with Crippen LogP contribution in [0.15, 0.2) is 27.8 Å². The van der Waals surface area contributed by atoms with E-state index in [0.717, 1.165) is 17.3 Å². The second-order valence-electron chi connectivity index (χ2n) is 4.87. The van der Waals surface area contributed by atoms with Crippen molar-refractivity contribution in [3.63, 3.8) is 0 Å². The zero-order valence-corrected chi connectivity index (χ0v) is 12.4. The molecule has 1 aromatic heterocycles. The molecule has 1 atom stereocenters. The molecule has 0 bridgehead atoms. The van der Waals surface area contributed by atoms with E-state index in [1.165, 1.54) is 0 Å². The molecule has 0 aliphatic heterocycles. The summed E-state index contributed by atoms with van der Waals surface area (Å²) in [4.78, 5) is 26.1. The average molecular weight is 309 g/mol. The Balaban J connectivity index is 2.32. The van der Waals surface area contributed by atoms with Crippen molar-refractivity contribution in [1.29, 1.82) is 0 Å². The number of para-hydroxylation sites is 1. The molecule has 0 aliphatic carbocycles. The Bertz CT molecular complexity index is 679. The summed E-state index contributed by atoms with van der Waals surface area (Å²) in [5.41, 5.74) is 2.27. The van der Waals surface area contributed by atoms with E-state index in [2.05, 4.69) is 4.98 Å². The molecular weight excluding hydrogens is 294 g/mol. The first-order valence-corrected chi connectivity index (χ1v) is 7.27. The van der Waals surface area contributed by atoms with Gasteiger partial charge in [-0.3, -0.25) is 9.59 Å². The first-order valence-electron chi connectivity index (χ1n) is 6.39. The molecule has 112 valence electrons. The van der Waals surface area contributed by atoms with Gasteiger partial charge in [-0.1, -0.05) is 37.7 Å². The van der Waals surface area contributed by atoms with Crippen molar-refractivity contribution < 1.29 is 24.2 Å². The van der Waals surface area contributed by atoms with E-state index in [4.69, 9.17) is 14.6 Å². The Morgan fingerprint density at radius 3 is 2.62 bits per heavy atom. The van der Waals surface area contributed by atoms with E-state index < -0.39 is 23.6 Å². The van der Waals surface area contributed by atoms with Crippen LogP contribution < -0.4 is 0 Å². The predicted octanol–water partition coefficient (Wildman–Crippen LogP) is 2.97. The zero-order valence-electron chi connectivity index (χ0n) is 11.6. The SMILES string of the molecule is CC(C)c1cccc2oc(SC(CC(=O)O)C(=O)O)nc12. The van der Waals surface area contributed by atoms with E-state index in [1.54, 1.807) is 6.07 Å². The summed E-state index contributed by atoms with van der Waals surface area (Å²) < 4.78 is 5.52. The van der Waals surface area contributed by atoms with Gasteiger partial charge in [0.25, 0.3) is 5.22 Å². The molecule has 2 N–H and O–H groups in total. The minimum absolute atomic E-state index is 0.173. The number of nitrogens with zero attached hydrogens (tertiary/aromatic N) is 1. The smallest absolute Gasteiger partial charge is 0.317 e. The number of oxazole rings is 1. The fraction of sp³-hybridized carbons (Fsp3) is 0.357. The van der Waals surface area contributed by atoms with Crippen molar-refractivity contribution in [2.75, 3.05) is 0 Å². The van der Waals surface area contributed by atoms with Crippen LogP contribution in [0, 0.1) is 0 Å². The van der Waals surface area contributed by atoms with E-state index in [0.29, 0.717) is 11.1 Å². The maximum absolute atomic E-state index is 11.1. The van der Waals surface area contributed by atoms with Crippen LogP contribution in [0.1, 0.15) is 31.7 Å². The molecule has 0 fully saturated rings. The Kier molecular flexibility index (Phi) is 4.52. The van der Waals surface area contributed by atoms with Crippen LogP contribution in [-0.4, -0.2) is 32.4 Å². The van der Waals surface area contributed by atoms with Gasteiger partial charge in [-0.05, 0) is 17.5 Å². The largest absolute Gasteiger partial charge is 0.481 e. The monoisotopic (exact) mass is 309 g/mol. The minimum Gasteiger partial charge on any atom is -0.481 e. The number of hydrogen-bond acceptors (Lipinski definition) is 5. The number of carboxylic acids is 2. The van der Waals surface area contributed by atoms with Gasteiger partial charge in [-0.25, -0.2) is 4.98 Å². The number of carbonyl (C=O) groups is 2. The highest BCUT2D eigenvalue weighted by Crippen LogP contribution is 2.31. The quantitative estimate of drug-likeness (QED) is 0.791. The fourth-order valence-electron chi connectivity index (χ4n) is 1.93. The number of hydrogen-bond donors (Lipinski definition) is 2. The van der Waals surface area contributed by atoms with E-state index >= 15 is 0 Å². The molecule has 1 aromatic carbocycles. The third-order valence-electron chi connectivity index (χ3n) is 2.93. The Morgan fingerprint density at radius 2 is 2.05 bits per heavy atom. The van der Waals surface area contributed by atoms with Crippen molar-refractivity contribution in [1.82, 2.24) is 4.98 Å². The third-order valence-corrected chi connectivity index (χ3v) is 3.96. The summed E-state index contributed by atoms with van der Waals surface area (Å²) in [6.07, 6.45) is -0.490. The zero-order chi connectivity index (χ0) is 15.6. The fourth-order valence-corrected chi connectivity index (χ4v) is 2.78. The van der Waals surface area contributed by atoms with E-state index in [-0.39, 0.29) is 11.1 Å². The minimum atomic E-state index is -1.20. The maximum Gasteiger partial charge on any atom is 0.317 e. The lowest BCUT2D eigenvalue weighted by Crippen LogP contribution is -2.20. The van der Waals surface area contributed by atoms with Gasteiger partial charge in [0.1, 0.15) is 10.8 Å². The molecule has 0 saturated heterocycles. The normalized spacial score (nSPS) is 12.7. The molecule has 0 aliphatic rings. The van der Waals surface area contributed by atoms with Crippen molar-refractivity contribution in [2.45, 2.75) is 36.7 Å². The predicted molar refractivity (Wildman–Crippen MR) is 77.6 cm³/mol. The van der Waals surface area contributed by atoms with Crippen LogP contribution in [0.25, 0.3) is 11.1 Å². The summed E-state index contributed by atoms with van der Waals surface area (Å²) in [5.74, 6) is -2.12. The van der Waals surface area contributed by atoms with Gasteiger partial charge in [0, 0.05) is 0 Å². The van der Waals surface area contributed by atoms with Gasteiger partial charge in [-0.2, -0.15) is 0 Å². The Morgan fingerprint density at radius 1 is 1.33 bits per heavy atom. The molecule has 0 radical (unpaired) electrons. The Hall–Kier alpha value is -2.02. The lowest BCUT2D eigenvalue weighted by molar-refractivity contribution is -0.142. The number of aliphatic carboxylic acids is 2. The van der Waals surface area contributed by atoms with Crippen LogP contribution in [0.3, 0.4) is 0 Å². The number of thioether (sulfide) groups is 1. The highest BCUT2D eigenvalue weighted by atomic mass is 32.2. The van der Waals surface area contributed by atoms with Gasteiger partial charge in [0.15, 0.2) is 5.58 Å². The molecule has 0 amide bonds. The highest BCUT2D eigenvalue weighted by molar-refractivity contribution is 8.00. The summed E-state index contributed by atoms with van der Waals surface area (Å²) in [6, 6.07) is 5.55. The van der Waals surface area contributed by atoms with Crippen LogP contribution in [0.2, 0.25) is 0 Å². The molecule has 0 saturated carbocycles. The molecule has 1 unspecified atom stereocenters. The summed E-state index contributed by atoms with van der Waals surface area (Å²) >= 11 is 0.813. The summed E-state index contributed by atoms with van der Waals surface area (Å²) in [5, 5.41) is 16.8. The first-order chi connectivity index (χ1) is 9.88. The van der Waals surface area contributed by atoms with Gasteiger partial charge in [0.2, 0.25) is 0 Å². The van der Waals surface area contributed by atoms with E-state index in [1.807, 2.05) is 26.0 Å². The number of fused-ring (bicyclic) bond motifs is 1. The topological polar surface area (TPSA) is 101 Å². The molecular formula is C14H15NO5S. The van der Waals surface area contributed by atoms with Crippen LogP contribution >= 0.6 is 11.8 Å². The van der Waals surface area contributed by atoms with Crippen molar-refractivity contribution in [2.24, 2.45) is 0 Å². The highest BCUT2D eigenvalue weighted by Gasteiger charge is 2.25. The molecule has 0 spiro atoms. The number of benzene rings is 1. The van der Waals surface area contributed by atoms with Gasteiger partial charge >= 0.3 is 11.9 Å². The standard InChI is InChI=1S/C14H15NO5S/c1-7(2)8-4-3-5-9-12(8)15-14(20-9)21-10(13(18)19)6-11(16)17/h3-5,7,10H,6H2,1-2H3,(H,16,17)(H,18,19). The van der Waals surface area contributed by atoms with Crippen LogP contribution in [0.4, 0.5) is 0 Å². The van der Waals surface area contributed by atoms with Gasteiger partial charge in [0.05, 0.1) is 6.42 Å². The lowest BCUT2D eigenvalue weighted by atomic mass is 10.0. The second-order valence-corrected chi connectivity index (χ2v) is 6.03. The molecule has 7 heteroatoms. The van der Waals surface area contributed by atoms with E-state index in [9.17, 15) is 9.59 Å². The maximum atomic E-state index is 11.1. The van der Waals surface area contributed by atoms with Crippen molar-refractivity contribution in [3.05, 3.63) is 23.8 Å². The van der Waals surface area contributed by atoms with Gasteiger partial charge < -0.3 is 14.6 Å². The van der Waals surface area contributed by atoms with Crippen molar-refractivity contribution >= 4 is 34.8 Å². The molecule has 1 heterocycles. The summed E-state index contributed by atoms with van der Waals surface area (Å²) in [7, 11) is 0. The molecule has 2 rings (SSSR count). The molecule has 6 nitrogen and oxygen atoms in total. The number of aromatic nitrogens is 1. The molecule has 2 aromatic rings.